The molecular formula is C104H119Cl4F2N19O8. The number of nitrogens with two attached hydrogens (primary N) is 1. The van der Waals surface area contributed by atoms with Crippen molar-refractivity contribution >= 4 is 92.4 Å². The first-order valence-corrected chi connectivity index (χ1v) is 47.0. The maximum atomic E-state index is 15.2. The van der Waals surface area contributed by atoms with Gasteiger partial charge in [0.15, 0.2) is 46.1 Å². The number of ether oxygens (including phenoxy) is 4. The summed E-state index contributed by atoms with van der Waals surface area (Å²) in [4.78, 5) is 70.7. The molecule has 0 aliphatic rings. The summed E-state index contributed by atoms with van der Waals surface area (Å²) < 4.78 is 69.8. The number of hydrogen-bond acceptors (Lipinski definition) is 17. The summed E-state index contributed by atoms with van der Waals surface area (Å²) in [7, 11) is 14.1. The number of hydrogen-bond donors (Lipinski definition) is 1. The number of benzene rings is 4. The third-order valence-corrected chi connectivity index (χ3v) is 25.2. The number of aryl methyl sites for hydroxylation is 7. The lowest BCUT2D eigenvalue weighted by atomic mass is 10.1. The molecule has 0 saturated carbocycles. The average Bonchev–Trinajstić information content (AvgIpc) is 1.77. The lowest BCUT2D eigenvalue weighted by molar-refractivity contribution is 0.0812. The van der Waals surface area contributed by atoms with Gasteiger partial charge >= 0.3 is 0 Å². The van der Waals surface area contributed by atoms with E-state index in [1.54, 1.807) is 91.2 Å². The van der Waals surface area contributed by atoms with E-state index < -0.39 is 11.6 Å². The third-order valence-electron chi connectivity index (χ3n) is 24.1. The zero-order valence-electron chi connectivity index (χ0n) is 79.9. The number of carbonyl (C=O) groups is 4. The molecule has 0 spiro atoms. The highest BCUT2D eigenvalue weighted by molar-refractivity contribution is 6.32. The van der Waals surface area contributed by atoms with Crippen molar-refractivity contribution in [3.05, 3.63) is 281 Å². The molecule has 0 aliphatic carbocycles. The predicted molar refractivity (Wildman–Crippen MR) is 538 cm³/mol. The summed E-state index contributed by atoms with van der Waals surface area (Å²) >= 11 is 24.8. The van der Waals surface area contributed by atoms with Gasteiger partial charge in [-0.1, -0.05) is 108 Å². The van der Waals surface area contributed by atoms with E-state index >= 15 is 8.78 Å². The quantitative estimate of drug-likeness (QED) is 0.0367. The van der Waals surface area contributed by atoms with Crippen LogP contribution in [0.3, 0.4) is 0 Å². The number of rotatable bonds is 34. The fourth-order valence-corrected chi connectivity index (χ4v) is 16.9. The van der Waals surface area contributed by atoms with Crippen LogP contribution in [0.1, 0.15) is 184 Å². The minimum absolute atomic E-state index is 0. The fourth-order valence-electron chi connectivity index (χ4n) is 16.3. The Kier molecular flexibility index (Phi) is 34.7. The Balaban J connectivity index is 0.000000164. The number of halogens is 6. The Morgan fingerprint density at radius 1 is 0.372 bits per heavy atom. The molecule has 16 rings (SSSR count). The number of carbonyl (C=O) groups excluding carboxylic acids is 4. The fraction of sp³-hybridized carbons (Fsp3) is 0.346. The van der Waals surface area contributed by atoms with Crippen molar-refractivity contribution in [3.63, 3.8) is 0 Å². The van der Waals surface area contributed by atoms with E-state index in [4.69, 9.17) is 71.1 Å². The molecule has 0 aliphatic heterocycles. The molecule has 27 nitrogen and oxygen atoms in total. The van der Waals surface area contributed by atoms with Crippen molar-refractivity contribution in [2.75, 3.05) is 61.2 Å². The van der Waals surface area contributed by atoms with Gasteiger partial charge in [-0.2, -0.15) is 20.4 Å². The van der Waals surface area contributed by atoms with Gasteiger partial charge in [-0.25, -0.2) is 28.7 Å². The number of imidazole rings is 4. The number of nitrogens with zero attached hydrogens (tertiary/aromatic N) is 18. The van der Waals surface area contributed by atoms with Gasteiger partial charge in [0.25, 0.3) is 11.8 Å². The molecule has 0 fully saturated rings. The van der Waals surface area contributed by atoms with Crippen molar-refractivity contribution in [2.45, 2.75) is 153 Å². The first-order chi connectivity index (χ1) is 65.3. The van der Waals surface area contributed by atoms with Crippen LogP contribution in [0.25, 0.3) is 67.1 Å². The van der Waals surface area contributed by atoms with Crippen molar-refractivity contribution in [3.8, 4) is 67.5 Å². The molecule has 0 radical (unpaired) electrons. The third kappa shape index (κ3) is 23.1. The lowest BCUT2D eigenvalue weighted by Crippen LogP contribution is -2.23. The maximum Gasteiger partial charge on any atom is 0.274 e. The van der Waals surface area contributed by atoms with Crippen LogP contribution in [-0.4, -0.2) is 171 Å². The minimum Gasteiger partial charge on any atom is -0.493 e. The zero-order chi connectivity index (χ0) is 97.6. The predicted octanol–water partition coefficient (Wildman–Crippen LogP) is 21.1. The molecule has 2 amide bonds. The number of ketones is 2. The second-order valence-corrected chi connectivity index (χ2v) is 35.3. The number of amides is 2. The molecule has 12 heterocycles. The molecule has 0 bridgehead atoms. The molecule has 0 unspecified atom stereocenters. The Bertz CT molecular complexity index is 7050. The summed E-state index contributed by atoms with van der Waals surface area (Å²) in [5, 5.41) is 18.7. The molecule has 720 valence electrons. The summed E-state index contributed by atoms with van der Waals surface area (Å²) in [5.74, 6) is 0.0386. The van der Waals surface area contributed by atoms with E-state index in [2.05, 4.69) is 88.4 Å². The Hall–Kier alpha value is -13.1. The molecule has 0 atom stereocenters. The number of aromatic nitrogens is 16. The highest BCUT2D eigenvalue weighted by Gasteiger charge is 2.28. The first-order valence-electron chi connectivity index (χ1n) is 45.5. The van der Waals surface area contributed by atoms with Gasteiger partial charge in [0.2, 0.25) is 0 Å². The van der Waals surface area contributed by atoms with E-state index in [0.717, 1.165) is 151 Å². The van der Waals surface area contributed by atoms with E-state index in [9.17, 15) is 19.2 Å². The van der Waals surface area contributed by atoms with Gasteiger partial charge in [-0.3, -0.25) is 37.9 Å². The highest BCUT2D eigenvalue weighted by atomic mass is 35.5. The lowest BCUT2D eigenvalue weighted by Gasteiger charge is -2.15. The molecule has 0 saturated heterocycles. The largest absolute Gasteiger partial charge is 0.493 e. The van der Waals surface area contributed by atoms with Crippen molar-refractivity contribution in [2.24, 2.45) is 33.9 Å². The minimum atomic E-state index is -0.625. The van der Waals surface area contributed by atoms with Gasteiger partial charge < -0.3 is 52.1 Å². The van der Waals surface area contributed by atoms with Crippen LogP contribution in [0.15, 0.2) is 159 Å². The Morgan fingerprint density at radius 3 is 0.942 bits per heavy atom. The standard InChI is InChI=1S/C26H29ClFN5O2.C26H30ClN5O2.C26H29ClN4O2.C25H27ClFN5O2.CH4/c1-6-7-18-14-29-22-11-8-17(15-33(18)22)20-9-10-21(27)23(28)25(20)35-13-12-19-16(2)32(5)30-24(19)26(34)31(3)4;1-6-7-20-15-28-24-11-8-18(16-32(20)24)22-10-9-19(27)14-23(22)34-13-12-21-17(2)31(5)29-25(21)26(33)30(3)4;1-5-7-20-15-28-25-11-8-18(16-31(20)25)22-10-9-19(27)14-24(22)33-13-12-21-17(3)30(4)29-26(21)23(32)6-2;1-4-21(33)24-18(15(2)31(3)30-24)10-12-34-25-19(6-7-20(26)23(25)27)16-5-8-22-29-13-17(9-11-28)32(22)14-16;/h8-11,14-15H,6-7,12-13H2,1-5H3;8-11,14-16H,6-7,12-13H2,1-5H3;8-11,14-16H,5-7,12-13H2,1-4H3;5-8,13-14H,4,9-12,28H2,1-3H3;1H4. The van der Waals surface area contributed by atoms with Crippen LogP contribution in [0.5, 0.6) is 23.0 Å². The van der Waals surface area contributed by atoms with E-state index in [1.165, 1.54) is 28.4 Å². The second-order valence-electron chi connectivity index (χ2n) is 33.6. The summed E-state index contributed by atoms with van der Waals surface area (Å²) in [6.45, 7) is 19.5. The highest BCUT2D eigenvalue weighted by Crippen LogP contribution is 2.41. The van der Waals surface area contributed by atoms with E-state index in [-0.39, 0.29) is 65.6 Å². The van der Waals surface area contributed by atoms with Gasteiger partial charge in [0, 0.05) is 273 Å². The van der Waals surface area contributed by atoms with Crippen LogP contribution in [-0.2, 0) is 79.6 Å². The van der Waals surface area contributed by atoms with Crippen LogP contribution in [0, 0.1) is 39.3 Å². The van der Waals surface area contributed by atoms with Crippen molar-refractivity contribution < 1.29 is 46.9 Å². The average molecular weight is 1940 g/mol. The monoisotopic (exact) mass is 1940 g/mol. The molecule has 33 heteroatoms. The van der Waals surface area contributed by atoms with Crippen LogP contribution in [0.4, 0.5) is 8.78 Å². The molecular weight excluding hydrogens is 1820 g/mol. The molecule has 137 heavy (non-hydrogen) atoms. The Labute approximate surface area is 817 Å². The smallest absolute Gasteiger partial charge is 0.274 e. The topological polar surface area (TPSA) is 278 Å². The van der Waals surface area contributed by atoms with Crippen LogP contribution >= 0.6 is 46.4 Å². The Morgan fingerprint density at radius 2 is 0.650 bits per heavy atom. The normalized spacial score (nSPS) is 11.2. The van der Waals surface area contributed by atoms with Crippen molar-refractivity contribution in [1.29, 1.82) is 0 Å². The summed E-state index contributed by atoms with van der Waals surface area (Å²) in [5.41, 5.74) is 29.2. The molecule has 12 aromatic heterocycles. The maximum absolute atomic E-state index is 15.2. The van der Waals surface area contributed by atoms with Crippen molar-refractivity contribution in [1.82, 2.24) is 86.5 Å². The van der Waals surface area contributed by atoms with E-state index in [0.29, 0.717) is 120 Å². The summed E-state index contributed by atoms with van der Waals surface area (Å²) in [6.07, 6.45) is 24.9. The van der Waals surface area contributed by atoms with Gasteiger partial charge in [-0.15, -0.1) is 0 Å². The molecule has 16 aromatic rings. The zero-order valence-corrected chi connectivity index (χ0v) is 82.9. The van der Waals surface area contributed by atoms with Gasteiger partial charge in [0.1, 0.15) is 45.5 Å². The number of fused-ring (bicyclic) bond motifs is 4. The first kappa shape index (κ1) is 103. The van der Waals surface area contributed by atoms with E-state index in [1.807, 2.05) is 167 Å². The number of pyridine rings is 4. The van der Waals surface area contributed by atoms with Crippen LogP contribution in [0.2, 0.25) is 20.1 Å². The molecule has 2 N–H and O–H groups in total. The second kappa shape index (κ2) is 46.2. The van der Waals surface area contributed by atoms with Gasteiger partial charge in [-0.05, 0) is 163 Å². The number of Topliss-reactive ketones (excluding diaryl/α,β-unsaturated/α-hetero) is 2. The van der Waals surface area contributed by atoms with Crippen LogP contribution < -0.4 is 24.7 Å². The molecule has 4 aromatic carbocycles. The van der Waals surface area contributed by atoms with Gasteiger partial charge in [0.05, 0.1) is 36.5 Å². The summed E-state index contributed by atoms with van der Waals surface area (Å²) in [6, 6.07) is 33.6. The SMILES string of the molecule is C.CCC(=O)c1nn(C)c(C)c1CCOc1c(-c2ccc3ncc(CCN)n3c2)ccc(Cl)c1F.CCCc1cnc2ccc(-c3ccc(Cl)c(F)c3OCCc3c(C(=O)N(C)C)nn(C)c3C)cn12.CCCc1cnc2ccc(-c3ccc(Cl)cc3OCCc3c(C(=O)CC)nn(C)c3C)cn12.CCCc1cnc2ccc(-c3ccc(Cl)cc3OCCc3c(C(=O)N(C)C)nn(C)c3C)cn12.